The van der Waals surface area contributed by atoms with Crippen molar-refractivity contribution in [3.05, 3.63) is 41.1 Å². The summed E-state index contributed by atoms with van der Waals surface area (Å²) in [6.45, 7) is 5.41. The molecule has 1 aliphatic heterocycles. The molecular weight excluding hydrogens is 460 g/mol. The Labute approximate surface area is 193 Å². The number of carboxylic acids is 1. The zero-order valence-electron chi connectivity index (χ0n) is 19.1. The summed E-state index contributed by atoms with van der Waals surface area (Å²) >= 11 is 0. The largest absolute Gasteiger partial charge is 0.490 e. The molecule has 186 valence electrons. The average Bonchev–Trinajstić information content (AvgIpc) is 2.94. The van der Waals surface area contributed by atoms with Crippen molar-refractivity contribution >= 4 is 23.6 Å². The molecule has 3 rings (SSSR count). The predicted octanol–water partition coefficient (Wildman–Crippen LogP) is 2.77. The smallest absolute Gasteiger partial charge is 0.475 e. The number of anilines is 2. The number of halogens is 4. The van der Waals surface area contributed by atoms with E-state index in [0.29, 0.717) is 36.8 Å². The number of hydrogen-bond donors (Lipinski definition) is 2. The molecule has 2 aromatic heterocycles. The number of carbonyl (C=O) groups excluding carboxylic acids is 1. The Bertz CT molecular complexity index is 1010. The standard InChI is InChI=1S/C19H25FN6O.C2HF3O2/c1-12(2)23-17-15(18(27)25(3)4)9-13-5-7-26(8-6-16(13)24-17)19-21-10-14(20)11-22-19;3-2(4,5)1(6)7/h9-12H,5-8H2,1-4H3,(H,23,24);(H,6,7). The Morgan fingerprint density at radius 1 is 1.15 bits per heavy atom. The second-order valence-electron chi connectivity index (χ2n) is 7.98. The summed E-state index contributed by atoms with van der Waals surface area (Å²) in [4.78, 5) is 38.0. The van der Waals surface area contributed by atoms with E-state index in [2.05, 4.69) is 15.3 Å². The number of hydrogen-bond acceptors (Lipinski definition) is 7. The number of aromatic nitrogens is 3. The van der Waals surface area contributed by atoms with Gasteiger partial charge in [-0.15, -0.1) is 0 Å². The molecule has 0 saturated carbocycles. The predicted molar refractivity (Wildman–Crippen MR) is 116 cm³/mol. The second kappa shape index (κ2) is 11.1. The van der Waals surface area contributed by atoms with Crippen molar-refractivity contribution in [1.82, 2.24) is 19.9 Å². The van der Waals surface area contributed by atoms with Crippen LogP contribution < -0.4 is 10.2 Å². The van der Waals surface area contributed by atoms with Crippen LogP contribution in [0.15, 0.2) is 18.5 Å². The quantitative estimate of drug-likeness (QED) is 0.635. The molecule has 0 unspecified atom stereocenters. The van der Waals surface area contributed by atoms with Gasteiger partial charge in [-0.1, -0.05) is 0 Å². The normalized spacial score (nSPS) is 13.4. The SMILES string of the molecule is CC(C)Nc1nc2c(cc1C(=O)N(C)C)CCN(c1ncc(F)cn1)CC2.O=C(O)C(F)(F)F. The first-order valence-corrected chi connectivity index (χ1v) is 10.3. The maximum Gasteiger partial charge on any atom is 0.490 e. The van der Waals surface area contributed by atoms with Crippen LogP contribution in [0.1, 0.15) is 35.5 Å². The molecule has 2 N–H and O–H groups in total. The molecule has 0 fully saturated rings. The minimum Gasteiger partial charge on any atom is -0.475 e. The molecule has 0 bridgehead atoms. The Hall–Kier alpha value is -3.51. The lowest BCUT2D eigenvalue weighted by atomic mass is 10.0. The van der Waals surface area contributed by atoms with Gasteiger partial charge in [0.15, 0.2) is 5.82 Å². The van der Waals surface area contributed by atoms with Gasteiger partial charge in [0.25, 0.3) is 5.91 Å². The Morgan fingerprint density at radius 2 is 1.71 bits per heavy atom. The molecule has 0 radical (unpaired) electrons. The van der Waals surface area contributed by atoms with Gasteiger partial charge in [-0.25, -0.2) is 24.1 Å². The van der Waals surface area contributed by atoms with Crippen molar-refractivity contribution < 1.29 is 32.3 Å². The number of nitrogens with zero attached hydrogens (tertiary/aromatic N) is 5. The van der Waals surface area contributed by atoms with Gasteiger partial charge in [0.2, 0.25) is 5.95 Å². The summed E-state index contributed by atoms with van der Waals surface area (Å²) in [6.07, 6.45) is -1.30. The molecular formula is C21H26F4N6O3. The molecule has 9 nitrogen and oxygen atoms in total. The first kappa shape index (κ1) is 26.7. The third-order valence-corrected chi connectivity index (χ3v) is 4.65. The highest BCUT2D eigenvalue weighted by Crippen LogP contribution is 2.24. The van der Waals surface area contributed by atoms with E-state index in [1.807, 2.05) is 24.8 Å². The van der Waals surface area contributed by atoms with E-state index in [9.17, 15) is 22.4 Å². The van der Waals surface area contributed by atoms with E-state index in [1.54, 1.807) is 19.0 Å². The molecule has 2 aromatic rings. The molecule has 1 amide bonds. The lowest BCUT2D eigenvalue weighted by molar-refractivity contribution is -0.192. The zero-order chi connectivity index (χ0) is 25.6. The van der Waals surface area contributed by atoms with Crippen LogP contribution in [0.2, 0.25) is 0 Å². The molecule has 0 aliphatic carbocycles. The van der Waals surface area contributed by atoms with E-state index in [1.165, 1.54) is 12.4 Å². The maximum atomic E-state index is 13.1. The molecule has 34 heavy (non-hydrogen) atoms. The number of carbonyl (C=O) groups is 2. The maximum absolute atomic E-state index is 13.1. The molecule has 13 heteroatoms. The van der Waals surface area contributed by atoms with Crippen molar-refractivity contribution in [2.45, 2.75) is 38.9 Å². The Morgan fingerprint density at radius 3 is 2.21 bits per heavy atom. The van der Waals surface area contributed by atoms with Crippen molar-refractivity contribution in [3.63, 3.8) is 0 Å². The molecule has 0 atom stereocenters. The lowest BCUT2D eigenvalue weighted by Gasteiger charge is -2.19. The van der Waals surface area contributed by atoms with Crippen molar-refractivity contribution in [3.8, 4) is 0 Å². The van der Waals surface area contributed by atoms with Crippen molar-refractivity contribution in [2.75, 3.05) is 37.4 Å². The van der Waals surface area contributed by atoms with Gasteiger partial charge < -0.3 is 20.2 Å². The second-order valence-corrected chi connectivity index (χ2v) is 7.98. The number of carboxylic acid groups (broad SMARTS) is 1. The van der Waals surface area contributed by atoms with Crippen LogP contribution in [0.3, 0.4) is 0 Å². The minimum absolute atomic E-state index is 0.0728. The third-order valence-electron chi connectivity index (χ3n) is 4.65. The van der Waals surface area contributed by atoms with E-state index < -0.39 is 18.0 Å². The van der Waals surface area contributed by atoms with Gasteiger partial charge in [0, 0.05) is 45.3 Å². The number of rotatable bonds is 4. The van der Waals surface area contributed by atoms with Crippen LogP contribution in [0, 0.1) is 5.82 Å². The summed E-state index contributed by atoms with van der Waals surface area (Å²) in [5.74, 6) is -2.15. The van der Waals surface area contributed by atoms with Crippen LogP contribution in [0.5, 0.6) is 0 Å². The number of pyridine rings is 1. The van der Waals surface area contributed by atoms with Crippen LogP contribution in [0.25, 0.3) is 0 Å². The summed E-state index contributed by atoms with van der Waals surface area (Å²) < 4.78 is 44.8. The first-order chi connectivity index (χ1) is 15.8. The van der Waals surface area contributed by atoms with Crippen LogP contribution in [-0.4, -0.2) is 76.2 Å². The number of aliphatic carboxylic acids is 1. The third kappa shape index (κ3) is 7.25. The lowest BCUT2D eigenvalue weighted by Crippen LogP contribution is -2.27. The molecule has 3 heterocycles. The van der Waals surface area contributed by atoms with Gasteiger partial charge in [0.05, 0.1) is 18.0 Å². The van der Waals surface area contributed by atoms with Crippen LogP contribution >= 0.6 is 0 Å². The molecule has 0 aromatic carbocycles. The first-order valence-electron chi connectivity index (χ1n) is 10.3. The van der Waals surface area contributed by atoms with E-state index >= 15 is 0 Å². The monoisotopic (exact) mass is 486 g/mol. The van der Waals surface area contributed by atoms with E-state index in [0.717, 1.165) is 17.7 Å². The fraction of sp³-hybridized carbons (Fsp3) is 0.476. The van der Waals surface area contributed by atoms with E-state index in [-0.39, 0.29) is 11.9 Å². The zero-order valence-corrected chi connectivity index (χ0v) is 19.1. The van der Waals surface area contributed by atoms with Gasteiger partial charge in [-0.2, -0.15) is 13.2 Å². The topological polar surface area (TPSA) is 112 Å². The van der Waals surface area contributed by atoms with E-state index in [4.69, 9.17) is 14.9 Å². The fourth-order valence-electron chi connectivity index (χ4n) is 3.09. The fourth-order valence-corrected chi connectivity index (χ4v) is 3.09. The van der Waals surface area contributed by atoms with Crippen molar-refractivity contribution in [2.24, 2.45) is 0 Å². The Kier molecular flexibility index (Phi) is 8.71. The van der Waals surface area contributed by atoms with Gasteiger partial charge in [-0.3, -0.25) is 4.79 Å². The molecule has 1 aliphatic rings. The highest BCUT2D eigenvalue weighted by molar-refractivity contribution is 5.98. The van der Waals surface area contributed by atoms with Crippen LogP contribution in [-0.2, 0) is 17.6 Å². The number of alkyl halides is 3. The summed E-state index contributed by atoms with van der Waals surface area (Å²) in [5, 5.41) is 10.4. The highest BCUT2D eigenvalue weighted by Gasteiger charge is 2.38. The number of amides is 1. The average molecular weight is 486 g/mol. The minimum atomic E-state index is -5.08. The summed E-state index contributed by atoms with van der Waals surface area (Å²) in [5.41, 5.74) is 2.61. The van der Waals surface area contributed by atoms with Crippen molar-refractivity contribution in [1.29, 1.82) is 0 Å². The molecule has 0 saturated heterocycles. The number of nitrogens with one attached hydrogen (secondary N) is 1. The highest BCUT2D eigenvalue weighted by atomic mass is 19.4. The summed E-state index contributed by atoms with van der Waals surface area (Å²) in [7, 11) is 3.47. The van der Waals surface area contributed by atoms with Gasteiger partial charge >= 0.3 is 12.1 Å². The van der Waals surface area contributed by atoms with Gasteiger partial charge in [0.1, 0.15) is 5.82 Å². The summed E-state index contributed by atoms with van der Waals surface area (Å²) in [6, 6.07) is 2.11. The number of fused-ring (bicyclic) bond motifs is 1. The molecule has 0 spiro atoms. The van der Waals surface area contributed by atoms with Crippen LogP contribution in [0.4, 0.5) is 29.3 Å². The Balaban J connectivity index is 0.000000509. The van der Waals surface area contributed by atoms with Gasteiger partial charge in [-0.05, 0) is 31.9 Å².